The lowest BCUT2D eigenvalue weighted by Crippen LogP contribution is -2.45. The summed E-state index contributed by atoms with van der Waals surface area (Å²) in [5.74, 6) is 2.07. The molecule has 2 N–H and O–H groups in total. The van der Waals surface area contributed by atoms with Gasteiger partial charge in [0.05, 0.1) is 12.1 Å². The summed E-state index contributed by atoms with van der Waals surface area (Å²) in [5, 5.41) is 20.7. The lowest BCUT2D eigenvalue weighted by atomic mass is 9.82. The Kier molecular flexibility index (Phi) is 3.43. The molecule has 1 aliphatic heterocycles. The summed E-state index contributed by atoms with van der Waals surface area (Å²) in [6, 6.07) is -0.914. The van der Waals surface area contributed by atoms with Crippen molar-refractivity contribution in [1.82, 2.24) is 0 Å². The molecule has 0 saturated carbocycles. The van der Waals surface area contributed by atoms with Gasteiger partial charge >= 0.3 is 0 Å². The minimum Gasteiger partial charge on any atom is -0.391 e. The zero-order valence-corrected chi connectivity index (χ0v) is 8.62. The third kappa shape index (κ3) is 1.75. The Bertz CT molecular complexity index is 277. The van der Waals surface area contributed by atoms with Gasteiger partial charge in [-0.3, -0.25) is 0 Å². The second-order valence-corrected chi connectivity index (χ2v) is 3.60. The summed E-state index contributed by atoms with van der Waals surface area (Å²) < 4.78 is 19.0. The summed E-state index contributed by atoms with van der Waals surface area (Å²) in [4.78, 5) is 0. The van der Waals surface area contributed by atoms with Crippen LogP contribution in [0.1, 0.15) is 6.92 Å². The second kappa shape index (κ2) is 4.07. The molecule has 0 aromatic rings. The molecule has 0 spiro atoms. The molecule has 0 aliphatic carbocycles. The van der Waals surface area contributed by atoms with Gasteiger partial charge < -0.3 is 14.9 Å². The van der Waals surface area contributed by atoms with Crippen molar-refractivity contribution < 1.29 is 19.3 Å². The smallest absolute Gasteiger partial charge is 0.218 e. The topological polar surface area (TPSA) is 49.7 Å². The van der Waals surface area contributed by atoms with Crippen molar-refractivity contribution in [2.45, 2.75) is 36.9 Å². The fourth-order valence-electron chi connectivity index (χ4n) is 1.51. The van der Waals surface area contributed by atoms with Crippen LogP contribution in [0.25, 0.3) is 0 Å². The van der Waals surface area contributed by atoms with Crippen LogP contribution in [0.3, 0.4) is 0 Å². The van der Waals surface area contributed by atoms with Crippen molar-refractivity contribution in [3.63, 3.8) is 0 Å². The summed E-state index contributed by atoms with van der Waals surface area (Å²) in [6.45, 7) is 1.42. The van der Waals surface area contributed by atoms with Crippen LogP contribution in [0.2, 0.25) is 0 Å². The third-order valence-electron chi connectivity index (χ3n) is 2.41. The van der Waals surface area contributed by atoms with Gasteiger partial charge in [0.25, 0.3) is 0 Å². The standard InChI is InChI=1S/C8H11BClFO3/c1-4(12)5-6(13)8(11,2-3-10)7(9)14-5/h4-7,12-13H,9H2,1H3/t4?,5-,6?,7?,8?/m1/s1. The maximum absolute atomic E-state index is 14.0. The Balaban J connectivity index is 2.93. The van der Waals surface area contributed by atoms with Crippen LogP contribution < -0.4 is 0 Å². The first-order valence-corrected chi connectivity index (χ1v) is 4.64. The number of hydrogen-bond acceptors (Lipinski definition) is 3. The highest BCUT2D eigenvalue weighted by atomic mass is 35.5. The van der Waals surface area contributed by atoms with Crippen molar-refractivity contribution in [3.8, 4) is 11.3 Å². The highest BCUT2D eigenvalue weighted by Gasteiger charge is 2.55. The van der Waals surface area contributed by atoms with E-state index in [0.29, 0.717) is 0 Å². The van der Waals surface area contributed by atoms with Crippen molar-refractivity contribution in [1.29, 1.82) is 0 Å². The van der Waals surface area contributed by atoms with Crippen LogP contribution in [0.15, 0.2) is 0 Å². The van der Waals surface area contributed by atoms with Gasteiger partial charge in [-0.2, -0.15) is 0 Å². The molecule has 78 valence electrons. The molecule has 1 heterocycles. The molecule has 6 heteroatoms. The number of halogens is 2. The second-order valence-electron chi connectivity index (χ2n) is 3.42. The van der Waals surface area contributed by atoms with Crippen LogP contribution >= 0.6 is 11.6 Å². The normalized spacial score (nSPS) is 44.2. The number of rotatable bonds is 1. The van der Waals surface area contributed by atoms with Crippen molar-refractivity contribution in [2.24, 2.45) is 0 Å². The molecule has 0 aromatic carbocycles. The molecule has 1 rings (SSSR count). The first kappa shape index (κ1) is 11.8. The Morgan fingerprint density at radius 3 is 2.64 bits per heavy atom. The lowest BCUT2D eigenvalue weighted by molar-refractivity contribution is -0.0466. The molecule has 14 heavy (non-hydrogen) atoms. The highest BCUT2D eigenvalue weighted by Crippen LogP contribution is 2.34. The molecular weight excluding hydrogens is 209 g/mol. The van der Waals surface area contributed by atoms with E-state index in [0.717, 1.165) is 0 Å². The van der Waals surface area contributed by atoms with E-state index >= 15 is 0 Å². The van der Waals surface area contributed by atoms with Crippen LogP contribution in [0.5, 0.6) is 0 Å². The van der Waals surface area contributed by atoms with E-state index in [2.05, 4.69) is 5.92 Å². The van der Waals surface area contributed by atoms with Gasteiger partial charge in [0, 0.05) is 5.38 Å². The van der Waals surface area contributed by atoms with Crippen LogP contribution in [0.4, 0.5) is 4.39 Å². The van der Waals surface area contributed by atoms with E-state index in [-0.39, 0.29) is 0 Å². The predicted molar refractivity (Wildman–Crippen MR) is 52.4 cm³/mol. The van der Waals surface area contributed by atoms with Gasteiger partial charge in [-0.05, 0) is 24.4 Å². The van der Waals surface area contributed by atoms with Crippen molar-refractivity contribution in [2.75, 3.05) is 0 Å². The van der Waals surface area contributed by atoms with Crippen molar-refractivity contribution >= 4 is 19.4 Å². The minimum atomic E-state index is -2.20. The Labute approximate surface area is 87.6 Å². The monoisotopic (exact) mass is 220 g/mol. The van der Waals surface area contributed by atoms with E-state index in [1.54, 1.807) is 0 Å². The molecule has 5 atom stereocenters. The lowest BCUT2D eigenvalue weighted by Gasteiger charge is -2.21. The quantitative estimate of drug-likeness (QED) is 0.440. The van der Waals surface area contributed by atoms with Gasteiger partial charge in [0.15, 0.2) is 0 Å². The van der Waals surface area contributed by atoms with Crippen LogP contribution in [-0.4, -0.2) is 48.0 Å². The van der Waals surface area contributed by atoms with Crippen LogP contribution in [-0.2, 0) is 4.74 Å². The van der Waals surface area contributed by atoms with Gasteiger partial charge in [-0.25, -0.2) is 4.39 Å². The number of ether oxygens (including phenoxy) is 1. The molecule has 0 bridgehead atoms. The van der Waals surface area contributed by atoms with Gasteiger partial charge in [0.2, 0.25) is 5.67 Å². The predicted octanol–water partition coefficient (Wildman–Crippen LogP) is -1.01. The Morgan fingerprint density at radius 1 is 1.71 bits per heavy atom. The van der Waals surface area contributed by atoms with E-state index in [1.165, 1.54) is 14.8 Å². The van der Waals surface area contributed by atoms with E-state index in [4.69, 9.17) is 16.3 Å². The summed E-state index contributed by atoms with van der Waals surface area (Å²) in [7, 11) is 1.44. The van der Waals surface area contributed by atoms with Crippen molar-refractivity contribution in [3.05, 3.63) is 0 Å². The van der Waals surface area contributed by atoms with E-state index in [1.807, 2.05) is 5.38 Å². The Morgan fingerprint density at radius 2 is 2.29 bits per heavy atom. The SMILES string of the molecule is BC1O[C@H](C(C)O)C(O)C1(F)C#CCl. The largest absolute Gasteiger partial charge is 0.391 e. The van der Waals surface area contributed by atoms with E-state index in [9.17, 15) is 14.6 Å². The van der Waals surface area contributed by atoms with Gasteiger partial charge in [-0.15, -0.1) is 0 Å². The molecule has 0 aromatic heterocycles. The fourth-order valence-corrected chi connectivity index (χ4v) is 1.66. The molecular formula is C8H11BClFO3. The molecule has 1 aliphatic rings. The molecule has 3 nitrogen and oxygen atoms in total. The molecule has 4 unspecified atom stereocenters. The molecule has 0 amide bonds. The number of aliphatic hydroxyl groups is 2. The number of aliphatic hydroxyl groups excluding tert-OH is 2. The maximum atomic E-state index is 14.0. The summed E-state index contributed by atoms with van der Waals surface area (Å²) in [5.41, 5.74) is -2.20. The summed E-state index contributed by atoms with van der Waals surface area (Å²) >= 11 is 5.10. The zero-order chi connectivity index (χ0) is 10.9. The average molecular weight is 220 g/mol. The number of alkyl halides is 1. The third-order valence-corrected chi connectivity index (χ3v) is 2.50. The molecule has 0 radical (unpaired) electrons. The first-order valence-electron chi connectivity index (χ1n) is 4.26. The van der Waals surface area contributed by atoms with Gasteiger partial charge in [-0.1, -0.05) is 0 Å². The first-order chi connectivity index (χ1) is 6.43. The minimum absolute atomic E-state index is 0.914. The maximum Gasteiger partial charge on any atom is 0.218 e. The fraction of sp³-hybridized carbons (Fsp3) is 0.750. The highest BCUT2D eigenvalue weighted by molar-refractivity contribution is 6.30. The Hall–Kier alpha value is -0.275. The average Bonchev–Trinajstić information content (AvgIpc) is 2.31. The molecule has 1 fully saturated rings. The number of hydrogen-bond donors (Lipinski definition) is 2. The van der Waals surface area contributed by atoms with E-state index < -0.39 is 30.0 Å². The molecule has 1 saturated heterocycles. The zero-order valence-electron chi connectivity index (χ0n) is 7.87. The summed E-state index contributed by atoms with van der Waals surface area (Å²) in [6.07, 6.45) is -3.40. The van der Waals surface area contributed by atoms with Crippen LogP contribution in [0, 0.1) is 11.3 Å². The van der Waals surface area contributed by atoms with Gasteiger partial charge in [0.1, 0.15) is 20.1 Å².